The number of anilines is 1. The van der Waals surface area contributed by atoms with E-state index in [4.69, 9.17) is 5.26 Å². The summed E-state index contributed by atoms with van der Waals surface area (Å²) < 4.78 is 0. The average molecular weight is 391 g/mol. The van der Waals surface area contributed by atoms with E-state index in [2.05, 4.69) is 65.8 Å². The Morgan fingerprint density at radius 2 is 1.93 bits per heavy atom. The molecule has 1 fully saturated rings. The molecule has 0 aliphatic carbocycles. The third-order valence-corrected chi connectivity index (χ3v) is 5.33. The van der Waals surface area contributed by atoms with E-state index in [1.54, 1.807) is 0 Å². The molecule has 1 amide bonds. The molecular formula is C24H30N4O. The molecule has 5 nitrogen and oxygen atoms in total. The van der Waals surface area contributed by atoms with E-state index >= 15 is 0 Å². The Bertz CT molecular complexity index is 865. The highest BCUT2D eigenvalue weighted by atomic mass is 16.1. The minimum Gasteiger partial charge on any atom is -0.368 e. The minimum absolute atomic E-state index is 0.0406. The van der Waals surface area contributed by atoms with E-state index in [1.807, 2.05) is 18.2 Å². The highest BCUT2D eigenvalue weighted by Gasteiger charge is 2.22. The molecule has 2 N–H and O–H groups in total. The lowest BCUT2D eigenvalue weighted by Gasteiger charge is -2.31. The summed E-state index contributed by atoms with van der Waals surface area (Å²) in [6, 6.07) is 18.8. The highest BCUT2D eigenvalue weighted by molar-refractivity contribution is 5.85. The number of benzene rings is 2. The van der Waals surface area contributed by atoms with Crippen LogP contribution in [0.1, 0.15) is 31.7 Å². The zero-order chi connectivity index (χ0) is 20.6. The SMILES string of the molecule is CC(C)CC(C(=O)NCC#N)c1cccc(-c2ccccc2N2CCNCC2)c1. The Kier molecular flexibility index (Phi) is 7.26. The number of amides is 1. The van der Waals surface area contributed by atoms with Crippen LogP contribution in [0.4, 0.5) is 5.69 Å². The Labute approximate surface area is 173 Å². The van der Waals surface area contributed by atoms with Crippen LogP contribution in [0.3, 0.4) is 0 Å². The van der Waals surface area contributed by atoms with Crippen molar-refractivity contribution in [3.63, 3.8) is 0 Å². The van der Waals surface area contributed by atoms with Gasteiger partial charge in [-0.15, -0.1) is 0 Å². The van der Waals surface area contributed by atoms with Gasteiger partial charge in [0.1, 0.15) is 6.54 Å². The van der Waals surface area contributed by atoms with Gasteiger partial charge in [0.25, 0.3) is 0 Å². The summed E-state index contributed by atoms with van der Waals surface area (Å²) >= 11 is 0. The van der Waals surface area contributed by atoms with Crippen molar-refractivity contribution in [3.8, 4) is 17.2 Å². The number of nitriles is 1. The molecule has 1 saturated heterocycles. The predicted octanol–water partition coefficient (Wildman–Crippen LogP) is 3.53. The maximum atomic E-state index is 12.7. The molecule has 0 radical (unpaired) electrons. The Hall–Kier alpha value is -2.84. The number of piperazine rings is 1. The summed E-state index contributed by atoms with van der Waals surface area (Å²) in [5.41, 5.74) is 4.55. The monoisotopic (exact) mass is 390 g/mol. The van der Waals surface area contributed by atoms with E-state index in [0.29, 0.717) is 5.92 Å². The standard InChI is InChI=1S/C24H30N4O/c1-18(2)16-22(24(29)27-11-10-25)20-7-5-6-19(17-20)21-8-3-4-9-23(21)28-14-12-26-13-15-28/h3-9,17-18,22,26H,11-16H2,1-2H3,(H,27,29). The predicted molar refractivity (Wildman–Crippen MR) is 118 cm³/mol. The first-order chi connectivity index (χ1) is 14.1. The van der Waals surface area contributed by atoms with Gasteiger partial charge in [-0.1, -0.05) is 56.3 Å². The number of hydrogen-bond donors (Lipinski definition) is 2. The topological polar surface area (TPSA) is 68.2 Å². The summed E-state index contributed by atoms with van der Waals surface area (Å²) in [4.78, 5) is 15.1. The van der Waals surface area contributed by atoms with Crippen molar-refractivity contribution >= 4 is 11.6 Å². The number of carbonyl (C=O) groups excluding carboxylic acids is 1. The summed E-state index contributed by atoms with van der Waals surface area (Å²) in [6.45, 7) is 8.24. The first-order valence-electron chi connectivity index (χ1n) is 10.4. The molecule has 1 aliphatic heterocycles. The van der Waals surface area contributed by atoms with Crippen molar-refractivity contribution in [3.05, 3.63) is 54.1 Å². The van der Waals surface area contributed by atoms with Gasteiger partial charge < -0.3 is 15.5 Å². The molecule has 1 atom stereocenters. The van der Waals surface area contributed by atoms with Crippen molar-refractivity contribution in [1.82, 2.24) is 10.6 Å². The Morgan fingerprint density at radius 1 is 1.17 bits per heavy atom. The molecule has 2 aromatic rings. The molecule has 1 heterocycles. The van der Waals surface area contributed by atoms with Crippen LogP contribution in [0.15, 0.2) is 48.5 Å². The smallest absolute Gasteiger partial charge is 0.228 e. The maximum absolute atomic E-state index is 12.7. The molecule has 3 rings (SSSR count). The molecule has 0 aromatic heterocycles. The molecule has 0 saturated carbocycles. The number of nitrogens with one attached hydrogen (secondary N) is 2. The quantitative estimate of drug-likeness (QED) is 0.710. The normalized spacial score (nSPS) is 15.0. The third kappa shape index (κ3) is 5.36. The zero-order valence-corrected chi connectivity index (χ0v) is 17.3. The third-order valence-electron chi connectivity index (χ3n) is 5.33. The fourth-order valence-electron chi connectivity index (χ4n) is 3.94. The van der Waals surface area contributed by atoms with Gasteiger partial charge in [-0.2, -0.15) is 5.26 Å². The van der Waals surface area contributed by atoms with Crippen molar-refractivity contribution in [2.24, 2.45) is 5.92 Å². The number of nitrogens with zero attached hydrogens (tertiary/aromatic N) is 2. The Morgan fingerprint density at radius 3 is 2.66 bits per heavy atom. The summed E-state index contributed by atoms with van der Waals surface area (Å²) in [5, 5.41) is 15.0. The van der Waals surface area contributed by atoms with Crippen LogP contribution < -0.4 is 15.5 Å². The van der Waals surface area contributed by atoms with E-state index in [1.165, 1.54) is 11.3 Å². The average Bonchev–Trinajstić information content (AvgIpc) is 2.76. The zero-order valence-electron chi connectivity index (χ0n) is 17.3. The molecular weight excluding hydrogens is 360 g/mol. The van der Waals surface area contributed by atoms with Crippen LogP contribution in [-0.4, -0.2) is 38.6 Å². The highest BCUT2D eigenvalue weighted by Crippen LogP contribution is 2.34. The van der Waals surface area contributed by atoms with E-state index in [-0.39, 0.29) is 18.4 Å². The van der Waals surface area contributed by atoms with E-state index in [0.717, 1.165) is 43.7 Å². The van der Waals surface area contributed by atoms with Crippen LogP contribution in [0.25, 0.3) is 11.1 Å². The van der Waals surface area contributed by atoms with Crippen LogP contribution in [0.5, 0.6) is 0 Å². The van der Waals surface area contributed by atoms with Crippen molar-refractivity contribution in [2.45, 2.75) is 26.2 Å². The number of carbonyl (C=O) groups is 1. The largest absolute Gasteiger partial charge is 0.368 e. The van der Waals surface area contributed by atoms with Gasteiger partial charge in [-0.25, -0.2) is 0 Å². The molecule has 152 valence electrons. The fourth-order valence-corrected chi connectivity index (χ4v) is 3.94. The first-order valence-corrected chi connectivity index (χ1v) is 10.4. The van der Waals surface area contributed by atoms with Crippen LogP contribution >= 0.6 is 0 Å². The van der Waals surface area contributed by atoms with Crippen LogP contribution in [0.2, 0.25) is 0 Å². The van der Waals surface area contributed by atoms with E-state index in [9.17, 15) is 4.79 Å². The molecule has 2 aromatic carbocycles. The van der Waals surface area contributed by atoms with Gasteiger partial charge in [0, 0.05) is 37.4 Å². The molecule has 1 unspecified atom stereocenters. The number of hydrogen-bond acceptors (Lipinski definition) is 4. The lowest BCUT2D eigenvalue weighted by molar-refractivity contribution is -0.122. The first kappa shape index (κ1) is 20.9. The molecule has 0 bridgehead atoms. The van der Waals surface area contributed by atoms with Gasteiger partial charge in [0.05, 0.1) is 12.0 Å². The summed E-state index contributed by atoms with van der Waals surface area (Å²) in [5.74, 6) is 0.0482. The second-order valence-electron chi connectivity index (χ2n) is 7.94. The van der Waals surface area contributed by atoms with Gasteiger partial charge in [-0.05, 0) is 29.5 Å². The molecule has 1 aliphatic rings. The van der Waals surface area contributed by atoms with Crippen molar-refractivity contribution in [1.29, 1.82) is 5.26 Å². The van der Waals surface area contributed by atoms with Gasteiger partial charge in [-0.3, -0.25) is 4.79 Å². The van der Waals surface area contributed by atoms with E-state index < -0.39 is 0 Å². The van der Waals surface area contributed by atoms with Crippen LogP contribution in [0, 0.1) is 17.2 Å². The lowest BCUT2D eigenvalue weighted by Crippen LogP contribution is -2.43. The number of rotatable bonds is 7. The van der Waals surface area contributed by atoms with Crippen molar-refractivity contribution < 1.29 is 4.79 Å². The Balaban J connectivity index is 1.94. The molecule has 5 heteroatoms. The second-order valence-corrected chi connectivity index (χ2v) is 7.94. The van der Waals surface area contributed by atoms with Gasteiger partial charge >= 0.3 is 0 Å². The molecule has 0 spiro atoms. The summed E-state index contributed by atoms with van der Waals surface area (Å²) in [6.07, 6.45) is 0.750. The second kappa shape index (κ2) is 10.1. The van der Waals surface area contributed by atoms with Crippen LogP contribution in [-0.2, 0) is 4.79 Å². The maximum Gasteiger partial charge on any atom is 0.228 e. The van der Waals surface area contributed by atoms with Gasteiger partial charge in [0.2, 0.25) is 5.91 Å². The van der Waals surface area contributed by atoms with Gasteiger partial charge in [0.15, 0.2) is 0 Å². The minimum atomic E-state index is -0.255. The lowest BCUT2D eigenvalue weighted by atomic mass is 9.87. The van der Waals surface area contributed by atoms with Crippen molar-refractivity contribution in [2.75, 3.05) is 37.6 Å². The number of para-hydroxylation sites is 1. The summed E-state index contributed by atoms with van der Waals surface area (Å²) in [7, 11) is 0. The molecule has 29 heavy (non-hydrogen) atoms. The fraction of sp³-hybridized carbons (Fsp3) is 0.417.